The molecule has 14 nitrogen and oxygen atoms in total. The number of carbonyl (C=O) groups is 2. The summed E-state index contributed by atoms with van der Waals surface area (Å²) in [5.74, 6) is -1.39. The van der Waals surface area contributed by atoms with Crippen molar-refractivity contribution in [2.45, 2.75) is 61.2 Å². The molecule has 2 amide bonds. The number of rotatable bonds is 10. The fourth-order valence-corrected chi connectivity index (χ4v) is 9.12. The van der Waals surface area contributed by atoms with E-state index in [4.69, 9.17) is 39.9 Å². The van der Waals surface area contributed by atoms with Crippen molar-refractivity contribution in [3.05, 3.63) is 118 Å². The number of carbonyl (C=O) groups excluding carboxylic acids is 2. The summed E-state index contributed by atoms with van der Waals surface area (Å²) in [6, 6.07) is 25.9. The van der Waals surface area contributed by atoms with Crippen LogP contribution in [0.5, 0.6) is 23.0 Å². The van der Waals surface area contributed by atoms with Gasteiger partial charge >= 0.3 is 0 Å². The molecule has 4 aromatic rings. The summed E-state index contributed by atoms with van der Waals surface area (Å²) in [4.78, 5) is 30.9. The van der Waals surface area contributed by atoms with E-state index in [1.807, 2.05) is 34.1 Å². The van der Waals surface area contributed by atoms with E-state index in [-0.39, 0.29) is 35.9 Å². The Bertz CT molecular complexity index is 2080. The van der Waals surface area contributed by atoms with E-state index >= 15 is 0 Å². The molecule has 3 fully saturated rings. The molecule has 5 aliphatic heterocycles. The van der Waals surface area contributed by atoms with Crippen LogP contribution >= 0.6 is 0 Å². The molecule has 2 spiro atoms. The molecular formula is C46H52N4O10. The van der Waals surface area contributed by atoms with E-state index in [9.17, 15) is 19.8 Å². The Morgan fingerprint density at radius 3 is 1.38 bits per heavy atom. The highest BCUT2D eigenvalue weighted by molar-refractivity contribution is 5.95. The molecule has 5 heterocycles. The summed E-state index contributed by atoms with van der Waals surface area (Å²) in [7, 11) is 0. The van der Waals surface area contributed by atoms with Crippen LogP contribution in [0.25, 0.3) is 0 Å². The first kappa shape index (κ1) is 40.2. The van der Waals surface area contributed by atoms with Crippen molar-refractivity contribution in [3.63, 3.8) is 0 Å². The maximum atomic E-state index is 13.6. The summed E-state index contributed by atoms with van der Waals surface area (Å²) in [6.45, 7) is 3.05. The molecule has 0 radical (unpaired) electrons. The summed E-state index contributed by atoms with van der Waals surface area (Å²) >= 11 is 0. The smallest absolute Gasteiger partial charge is 0.253 e. The van der Waals surface area contributed by atoms with Gasteiger partial charge in [-0.15, -0.1) is 0 Å². The van der Waals surface area contributed by atoms with Crippen LogP contribution in [-0.2, 0) is 33.4 Å². The fraction of sp³-hybridized carbons (Fsp3) is 0.435. The zero-order valence-electron chi connectivity index (χ0n) is 33.6. The lowest BCUT2D eigenvalue weighted by atomic mass is 9.74. The van der Waals surface area contributed by atoms with Gasteiger partial charge < -0.3 is 59.9 Å². The van der Waals surface area contributed by atoms with Crippen LogP contribution in [-0.4, -0.2) is 109 Å². The van der Waals surface area contributed by atoms with Crippen LogP contribution in [0.2, 0.25) is 0 Å². The van der Waals surface area contributed by atoms with Gasteiger partial charge in [0.2, 0.25) is 11.6 Å². The topological polar surface area (TPSA) is 188 Å². The third kappa shape index (κ3) is 7.79. The fourth-order valence-electron chi connectivity index (χ4n) is 9.12. The first-order valence-electron chi connectivity index (χ1n) is 20.7. The van der Waals surface area contributed by atoms with Crippen LogP contribution in [0.3, 0.4) is 0 Å². The molecule has 2 atom stereocenters. The first-order chi connectivity index (χ1) is 29.0. The second kappa shape index (κ2) is 16.0. The largest absolute Gasteiger partial charge is 0.492 e. The van der Waals surface area contributed by atoms with Crippen molar-refractivity contribution >= 4 is 11.8 Å². The lowest BCUT2D eigenvalue weighted by molar-refractivity contribution is -0.374. The molecule has 0 aliphatic carbocycles. The zero-order chi connectivity index (χ0) is 41.5. The van der Waals surface area contributed by atoms with E-state index in [2.05, 4.69) is 12.1 Å². The third-order valence-corrected chi connectivity index (χ3v) is 12.9. The Morgan fingerprint density at radius 1 is 0.583 bits per heavy atom. The number of hydrogen-bond acceptors (Lipinski definition) is 12. The predicted octanol–water partition coefficient (Wildman–Crippen LogP) is 3.62. The van der Waals surface area contributed by atoms with Gasteiger partial charge in [0.1, 0.15) is 49.4 Å². The van der Waals surface area contributed by atoms with Gasteiger partial charge in [0.15, 0.2) is 0 Å². The number of nitrogens with zero attached hydrogens (tertiary/aromatic N) is 2. The Morgan fingerprint density at radius 2 is 1.00 bits per heavy atom. The van der Waals surface area contributed by atoms with Crippen LogP contribution in [0.4, 0.5) is 0 Å². The Labute approximate surface area is 348 Å². The number of hydrogen-bond donors (Lipinski definition) is 4. The number of piperidine rings is 2. The first-order valence-corrected chi connectivity index (χ1v) is 20.7. The highest BCUT2D eigenvalue weighted by atomic mass is 16.7. The minimum Gasteiger partial charge on any atom is -0.492 e. The van der Waals surface area contributed by atoms with Gasteiger partial charge in [-0.3, -0.25) is 9.59 Å². The van der Waals surface area contributed by atoms with Gasteiger partial charge in [0.05, 0.1) is 13.2 Å². The van der Waals surface area contributed by atoms with Gasteiger partial charge in [-0.2, -0.15) is 0 Å². The quantitative estimate of drug-likeness (QED) is 0.182. The highest BCUT2D eigenvalue weighted by Gasteiger charge is 2.47. The summed E-state index contributed by atoms with van der Waals surface area (Å²) < 4.78 is 35.2. The standard InChI is InChI=1S/C46H52N4O10/c47-23-31-7-9-39-37(19-31)43(25-57-39)11-15-49(16-12-43)41(51)33-3-1-5-35(21-33)55-27-45(53)29-60-46(54,30-59-45)28-56-36-6-2-4-34(22-36)42(52)50-17-13-44(14-18-50)26-58-40-10-8-32(24-48)20-38(40)44/h1-10,19-22,53-54H,11-18,23-30,47-48H2/t45-,46-/m1/s1. The predicted molar refractivity (Wildman–Crippen MR) is 219 cm³/mol. The number of likely N-dealkylation sites (tertiary alicyclic amines) is 2. The lowest BCUT2D eigenvalue weighted by Gasteiger charge is -2.40. The molecule has 0 unspecified atom stereocenters. The van der Waals surface area contributed by atoms with Crippen LogP contribution < -0.4 is 30.4 Å². The van der Waals surface area contributed by atoms with Crippen molar-refractivity contribution in [1.82, 2.24) is 9.80 Å². The van der Waals surface area contributed by atoms with E-state index in [0.29, 0.717) is 75.1 Å². The van der Waals surface area contributed by atoms with E-state index in [1.165, 1.54) is 11.1 Å². The number of amides is 2. The molecule has 0 saturated carbocycles. The van der Waals surface area contributed by atoms with Gasteiger partial charge in [0, 0.05) is 72.4 Å². The van der Waals surface area contributed by atoms with E-state index < -0.39 is 24.8 Å². The number of fused-ring (bicyclic) bond motifs is 4. The van der Waals surface area contributed by atoms with Crippen molar-refractivity contribution in [3.8, 4) is 23.0 Å². The molecule has 14 heteroatoms. The number of benzene rings is 4. The normalized spacial score (nSPS) is 23.7. The molecule has 316 valence electrons. The molecule has 4 aromatic carbocycles. The summed E-state index contributed by atoms with van der Waals surface area (Å²) in [6.07, 6.45) is 3.14. The van der Waals surface area contributed by atoms with Gasteiger partial charge in [-0.1, -0.05) is 36.4 Å². The second-order valence-electron chi connectivity index (χ2n) is 16.9. The maximum Gasteiger partial charge on any atom is 0.253 e. The molecular weight excluding hydrogens is 769 g/mol. The molecule has 60 heavy (non-hydrogen) atoms. The minimum atomic E-state index is -1.87. The van der Waals surface area contributed by atoms with Crippen molar-refractivity contribution in [2.75, 3.05) is 65.8 Å². The zero-order valence-corrected chi connectivity index (χ0v) is 33.6. The van der Waals surface area contributed by atoms with Gasteiger partial charge in [-0.05, 0) is 85.3 Å². The molecule has 0 bridgehead atoms. The average Bonchev–Trinajstić information content (AvgIpc) is 3.83. The lowest BCUT2D eigenvalue weighted by Crippen LogP contribution is -2.58. The van der Waals surface area contributed by atoms with Crippen molar-refractivity contribution < 1.29 is 48.2 Å². The number of aliphatic hydroxyl groups is 2. The third-order valence-electron chi connectivity index (χ3n) is 12.9. The highest BCUT2D eigenvalue weighted by Crippen LogP contribution is 2.47. The van der Waals surface area contributed by atoms with E-state index in [1.54, 1.807) is 48.5 Å². The molecule has 0 aromatic heterocycles. The van der Waals surface area contributed by atoms with Crippen LogP contribution in [0, 0.1) is 0 Å². The molecule has 9 rings (SSSR count). The SMILES string of the molecule is NCc1ccc2c(c1)C1(CCN(C(=O)c3cccc(OC[C@]4(O)CO[C@](O)(COc5cccc(C(=O)N6CCC7(CC6)COc6ccc(CN)cc67)c5)CO4)c3)CC1)CO2. The molecule has 6 N–H and O–H groups in total. The molecule has 5 aliphatic rings. The van der Waals surface area contributed by atoms with Gasteiger partial charge in [-0.25, -0.2) is 0 Å². The second-order valence-corrected chi connectivity index (χ2v) is 16.9. The van der Waals surface area contributed by atoms with Crippen LogP contribution in [0.1, 0.15) is 68.7 Å². The Hall–Kier alpha value is -5.22. The monoisotopic (exact) mass is 820 g/mol. The number of ether oxygens (including phenoxy) is 6. The maximum absolute atomic E-state index is 13.6. The molecule has 3 saturated heterocycles. The Balaban J connectivity index is 0.739. The van der Waals surface area contributed by atoms with Crippen molar-refractivity contribution in [1.29, 1.82) is 0 Å². The minimum absolute atomic E-state index is 0.103. The van der Waals surface area contributed by atoms with Crippen LogP contribution in [0.15, 0.2) is 84.9 Å². The Kier molecular flexibility index (Phi) is 10.7. The average molecular weight is 821 g/mol. The summed E-state index contributed by atoms with van der Waals surface area (Å²) in [5, 5.41) is 22.3. The summed E-state index contributed by atoms with van der Waals surface area (Å²) in [5.41, 5.74) is 17.0. The number of nitrogens with two attached hydrogens (primary N) is 2. The van der Waals surface area contributed by atoms with E-state index in [0.717, 1.165) is 48.3 Å². The van der Waals surface area contributed by atoms with Gasteiger partial charge in [0.25, 0.3) is 11.8 Å². The van der Waals surface area contributed by atoms with Crippen molar-refractivity contribution in [2.24, 2.45) is 11.5 Å².